The zero-order valence-corrected chi connectivity index (χ0v) is 10.9. The highest BCUT2D eigenvalue weighted by Gasteiger charge is 2.12. The van der Waals surface area contributed by atoms with Crippen LogP contribution in [0.25, 0.3) is 0 Å². The van der Waals surface area contributed by atoms with Gasteiger partial charge < -0.3 is 10.4 Å². The van der Waals surface area contributed by atoms with Gasteiger partial charge in [0.15, 0.2) is 0 Å². The molecule has 1 rings (SSSR count). The highest BCUT2D eigenvalue weighted by atomic mass is 35.5. The number of hydrogen-bond acceptors (Lipinski definition) is 3. The second-order valence-electron chi connectivity index (χ2n) is 4.11. The molecule has 0 saturated carbocycles. The minimum absolute atomic E-state index is 0.203. The van der Waals surface area contributed by atoms with E-state index in [0.29, 0.717) is 11.7 Å². The monoisotopic (exact) mass is 245 g/mol. The molecule has 5 heteroatoms. The van der Waals surface area contributed by atoms with Gasteiger partial charge in [0, 0.05) is 32.3 Å². The summed E-state index contributed by atoms with van der Waals surface area (Å²) in [5.74, 6) is 0.264. The molecule has 92 valence electrons. The second kappa shape index (κ2) is 6.23. The van der Waals surface area contributed by atoms with Gasteiger partial charge in [0.25, 0.3) is 0 Å². The summed E-state index contributed by atoms with van der Waals surface area (Å²) in [4.78, 5) is 0. The molecule has 0 fully saturated rings. The topological polar surface area (TPSA) is 50.1 Å². The molecule has 0 amide bonds. The molecule has 0 radical (unpaired) electrons. The zero-order valence-electron chi connectivity index (χ0n) is 10.1. The lowest BCUT2D eigenvalue weighted by atomic mass is 10.2. The number of aliphatic hydroxyl groups excluding tert-OH is 1. The standard InChI is InChI=1S/C11H20ClN3O/c1-4-10-9(11(12)15(3)14-10)6-13-5-8(2)7-16/h8,13,16H,4-7H2,1-3H3. The first-order valence-corrected chi connectivity index (χ1v) is 5.99. The van der Waals surface area contributed by atoms with Gasteiger partial charge in [-0.1, -0.05) is 25.4 Å². The van der Waals surface area contributed by atoms with Gasteiger partial charge in [-0.2, -0.15) is 5.10 Å². The van der Waals surface area contributed by atoms with Crippen LogP contribution in [0.2, 0.25) is 5.15 Å². The minimum atomic E-state index is 0.203. The molecule has 0 spiro atoms. The molecule has 0 bridgehead atoms. The van der Waals surface area contributed by atoms with E-state index >= 15 is 0 Å². The minimum Gasteiger partial charge on any atom is -0.396 e. The summed E-state index contributed by atoms with van der Waals surface area (Å²) in [6, 6.07) is 0. The van der Waals surface area contributed by atoms with E-state index in [4.69, 9.17) is 16.7 Å². The summed E-state index contributed by atoms with van der Waals surface area (Å²) in [6.45, 7) is 5.76. The van der Waals surface area contributed by atoms with E-state index < -0.39 is 0 Å². The van der Waals surface area contributed by atoms with Crippen LogP contribution in [0.1, 0.15) is 25.1 Å². The van der Waals surface area contributed by atoms with Gasteiger partial charge in [-0.3, -0.25) is 4.68 Å². The van der Waals surface area contributed by atoms with Crippen LogP contribution in [0.5, 0.6) is 0 Å². The van der Waals surface area contributed by atoms with Crippen LogP contribution in [0.4, 0.5) is 0 Å². The number of nitrogens with one attached hydrogen (secondary N) is 1. The Kier molecular flexibility index (Phi) is 5.25. The van der Waals surface area contributed by atoms with Gasteiger partial charge in [-0.05, 0) is 12.3 Å². The molecular formula is C11H20ClN3O. The lowest BCUT2D eigenvalue weighted by molar-refractivity contribution is 0.233. The van der Waals surface area contributed by atoms with Crippen LogP contribution in [0.3, 0.4) is 0 Å². The fraction of sp³-hybridized carbons (Fsp3) is 0.727. The third-order valence-corrected chi connectivity index (χ3v) is 3.07. The van der Waals surface area contributed by atoms with E-state index in [1.165, 1.54) is 0 Å². The van der Waals surface area contributed by atoms with Crippen molar-refractivity contribution in [1.29, 1.82) is 0 Å². The molecule has 0 aliphatic rings. The van der Waals surface area contributed by atoms with Crippen LogP contribution in [-0.4, -0.2) is 28.0 Å². The highest BCUT2D eigenvalue weighted by Crippen LogP contribution is 2.19. The van der Waals surface area contributed by atoms with Gasteiger partial charge >= 0.3 is 0 Å². The quantitative estimate of drug-likeness (QED) is 0.796. The molecule has 0 aliphatic carbocycles. The van der Waals surface area contributed by atoms with Crippen molar-refractivity contribution in [3.63, 3.8) is 0 Å². The van der Waals surface area contributed by atoms with Crippen LogP contribution in [-0.2, 0) is 20.0 Å². The smallest absolute Gasteiger partial charge is 0.131 e. The number of aryl methyl sites for hydroxylation is 2. The van der Waals surface area contributed by atoms with Crippen LogP contribution < -0.4 is 5.32 Å². The molecule has 16 heavy (non-hydrogen) atoms. The molecule has 0 aliphatic heterocycles. The van der Waals surface area contributed by atoms with Crippen LogP contribution in [0, 0.1) is 5.92 Å². The van der Waals surface area contributed by atoms with E-state index in [1.54, 1.807) is 4.68 Å². The molecule has 1 unspecified atom stereocenters. The van der Waals surface area contributed by atoms with Gasteiger partial charge in [0.2, 0.25) is 0 Å². The van der Waals surface area contributed by atoms with Gasteiger partial charge in [-0.25, -0.2) is 0 Å². The maximum absolute atomic E-state index is 8.91. The number of aromatic nitrogens is 2. The summed E-state index contributed by atoms with van der Waals surface area (Å²) >= 11 is 6.15. The molecule has 1 heterocycles. The predicted octanol–water partition coefficient (Wildman–Crippen LogP) is 1.35. The molecule has 1 atom stereocenters. The van der Waals surface area contributed by atoms with Crippen LogP contribution in [0.15, 0.2) is 0 Å². The third-order valence-electron chi connectivity index (χ3n) is 2.59. The molecule has 4 nitrogen and oxygen atoms in total. The molecule has 0 aromatic carbocycles. The first-order valence-electron chi connectivity index (χ1n) is 5.61. The van der Waals surface area contributed by atoms with E-state index in [-0.39, 0.29) is 12.5 Å². The summed E-state index contributed by atoms with van der Waals surface area (Å²) in [5.41, 5.74) is 2.11. The van der Waals surface area contributed by atoms with Crippen molar-refractivity contribution in [2.45, 2.75) is 26.8 Å². The van der Waals surface area contributed by atoms with Crippen LogP contribution >= 0.6 is 11.6 Å². The predicted molar refractivity (Wildman–Crippen MR) is 65.6 cm³/mol. The van der Waals surface area contributed by atoms with Crippen molar-refractivity contribution in [1.82, 2.24) is 15.1 Å². The summed E-state index contributed by atoms with van der Waals surface area (Å²) in [7, 11) is 1.85. The van der Waals surface area contributed by atoms with Crippen molar-refractivity contribution >= 4 is 11.6 Å². The Labute approximate surface area is 102 Å². The first kappa shape index (κ1) is 13.5. The Hall–Kier alpha value is -0.580. The Morgan fingerprint density at radius 2 is 2.25 bits per heavy atom. The highest BCUT2D eigenvalue weighted by molar-refractivity contribution is 6.30. The number of rotatable bonds is 6. The zero-order chi connectivity index (χ0) is 12.1. The first-order chi connectivity index (χ1) is 7.60. The Morgan fingerprint density at radius 3 is 2.81 bits per heavy atom. The molecular weight excluding hydrogens is 226 g/mol. The molecule has 2 N–H and O–H groups in total. The van der Waals surface area contributed by atoms with Crippen molar-refractivity contribution in [2.24, 2.45) is 13.0 Å². The van der Waals surface area contributed by atoms with E-state index in [1.807, 2.05) is 14.0 Å². The normalized spacial score (nSPS) is 13.1. The molecule has 1 aromatic heterocycles. The third kappa shape index (κ3) is 3.20. The second-order valence-corrected chi connectivity index (χ2v) is 4.47. The summed E-state index contributed by atoms with van der Waals surface area (Å²) in [5, 5.41) is 17.2. The Morgan fingerprint density at radius 1 is 1.56 bits per heavy atom. The Bertz CT molecular complexity index is 338. The number of nitrogens with zero attached hydrogens (tertiary/aromatic N) is 2. The van der Waals surface area contributed by atoms with Gasteiger partial charge in [0.05, 0.1) is 5.69 Å². The van der Waals surface area contributed by atoms with Gasteiger partial charge in [0.1, 0.15) is 5.15 Å². The van der Waals surface area contributed by atoms with Gasteiger partial charge in [-0.15, -0.1) is 0 Å². The molecule has 1 aromatic rings. The van der Waals surface area contributed by atoms with E-state index in [9.17, 15) is 0 Å². The van der Waals surface area contributed by atoms with E-state index in [2.05, 4.69) is 17.3 Å². The summed E-state index contributed by atoms with van der Waals surface area (Å²) < 4.78 is 1.70. The van der Waals surface area contributed by atoms with Crippen molar-refractivity contribution < 1.29 is 5.11 Å². The average Bonchev–Trinajstić information content (AvgIpc) is 2.56. The SMILES string of the molecule is CCc1nn(C)c(Cl)c1CNCC(C)CO. The molecule has 0 saturated heterocycles. The number of hydrogen-bond donors (Lipinski definition) is 2. The maximum atomic E-state index is 8.91. The number of aliphatic hydroxyl groups is 1. The fourth-order valence-corrected chi connectivity index (χ4v) is 1.78. The summed E-state index contributed by atoms with van der Waals surface area (Å²) in [6.07, 6.45) is 0.882. The fourth-order valence-electron chi connectivity index (χ4n) is 1.57. The average molecular weight is 246 g/mol. The largest absolute Gasteiger partial charge is 0.396 e. The van der Waals surface area contributed by atoms with Crippen molar-refractivity contribution in [3.8, 4) is 0 Å². The van der Waals surface area contributed by atoms with Crippen molar-refractivity contribution in [3.05, 3.63) is 16.4 Å². The Balaban J connectivity index is 2.59. The number of halogens is 1. The van der Waals surface area contributed by atoms with E-state index in [0.717, 1.165) is 24.2 Å². The lowest BCUT2D eigenvalue weighted by Crippen LogP contribution is -2.23. The lowest BCUT2D eigenvalue weighted by Gasteiger charge is -2.09. The van der Waals surface area contributed by atoms with Crippen molar-refractivity contribution in [2.75, 3.05) is 13.2 Å². The maximum Gasteiger partial charge on any atom is 0.131 e.